The van der Waals surface area contributed by atoms with E-state index in [0.29, 0.717) is 0 Å². The Kier molecular flexibility index (Phi) is 2.14. The number of hydrogen-bond donors (Lipinski definition) is 0. The van der Waals surface area contributed by atoms with E-state index >= 15 is 0 Å². The summed E-state index contributed by atoms with van der Waals surface area (Å²) in [5, 5.41) is 0. The van der Waals surface area contributed by atoms with Crippen LogP contribution in [0.15, 0.2) is 24.8 Å². The van der Waals surface area contributed by atoms with Crippen molar-refractivity contribution in [3.63, 3.8) is 0 Å². The van der Waals surface area contributed by atoms with Crippen molar-refractivity contribution in [2.24, 2.45) is 0 Å². The first-order valence-electron chi connectivity index (χ1n) is 5.85. The van der Waals surface area contributed by atoms with E-state index in [1.54, 1.807) is 0 Å². The van der Waals surface area contributed by atoms with Gasteiger partial charge >= 0.3 is 0 Å². The van der Waals surface area contributed by atoms with E-state index in [-0.39, 0.29) is 0 Å². The van der Waals surface area contributed by atoms with Crippen molar-refractivity contribution in [2.45, 2.75) is 25.8 Å². The maximum atomic E-state index is 4.18. The summed E-state index contributed by atoms with van der Waals surface area (Å²) in [5.74, 6) is 0. The fourth-order valence-corrected chi connectivity index (χ4v) is 2.38. The molecule has 1 heterocycles. The SMILES string of the molecule is C=C1CCCc2ccc(CN3CC3)cc21. The molecule has 0 spiro atoms. The first-order chi connectivity index (χ1) is 7.33. The summed E-state index contributed by atoms with van der Waals surface area (Å²) >= 11 is 0. The van der Waals surface area contributed by atoms with Crippen LogP contribution >= 0.6 is 0 Å². The van der Waals surface area contributed by atoms with Crippen LogP contribution in [-0.2, 0) is 13.0 Å². The molecule has 1 saturated heterocycles. The van der Waals surface area contributed by atoms with E-state index in [1.807, 2.05) is 0 Å². The molecule has 0 unspecified atom stereocenters. The molecule has 1 heteroatoms. The quantitative estimate of drug-likeness (QED) is 0.662. The van der Waals surface area contributed by atoms with Gasteiger partial charge in [0.2, 0.25) is 0 Å². The number of rotatable bonds is 2. The second-order valence-electron chi connectivity index (χ2n) is 4.72. The first-order valence-corrected chi connectivity index (χ1v) is 5.85. The normalized spacial score (nSPS) is 20.1. The maximum Gasteiger partial charge on any atom is 0.0235 e. The average Bonchev–Trinajstić information content (AvgIpc) is 3.03. The molecule has 0 amide bonds. The average molecular weight is 199 g/mol. The Balaban J connectivity index is 1.91. The Bertz CT molecular complexity index is 402. The summed E-state index contributed by atoms with van der Waals surface area (Å²) in [6.45, 7) is 7.85. The number of aryl methyl sites for hydroxylation is 1. The van der Waals surface area contributed by atoms with Crippen LogP contribution in [0.25, 0.3) is 5.57 Å². The Labute approximate surface area is 91.4 Å². The molecular weight excluding hydrogens is 182 g/mol. The minimum atomic E-state index is 1.13. The lowest BCUT2D eigenvalue weighted by Gasteiger charge is -2.19. The third kappa shape index (κ3) is 1.84. The molecule has 3 rings (SSSR count). The summed E-state index contributed by atoms with van der Waals surface area (Å²) in [7, 11) is 0. The van der Waals surface area contributed by atoms with Crippen LogP contribution in [0.4, 0.5) is 0 Å². The first kappa shape index (κ1) is 9.17. The fraction of sp³-hybridized carbons (Fsp3) is 0.429. The highest BCUT2D eigenvalue weighted by molar-refractivity contribution is 5.68. The highest BCUT2D eigenvalue weighted by atomic mass is 15.2. The van der Waals surface area contributed by atoms with Gasteiger partial charge in [0, 0.05) is 19.6 Å². The van der Waals surface area contributed by atoms with Crippen LogP contribution < -0.4 is 0 Å². The predicted octanol–water partition coefficient (Wildman–Crippen LogP) is 2.85. The number of fused-ring (bicyclic) bond motifs is 1. The Morgan fingerprint density at radius 1 is 1.20 bits per heavy atom. The summed E-state index contributed by atoms with van der Waals surface area (Å²) < 4.78 is 0. The molecule has 1 aromatic rings. The number of allylic oxidation sites excluding steroid dienone is 1. The van der Waals surface area contributed by atoms with Gasteiger partial charge in [-0.1, -0.05) is 18.7 Å². The summed E-state index contributed by atoms with van der Waals surface area (Å²) in [5.41, 5.74) is 5.72. The van der Waals surface area contributed by atoms with Crippen LogP contribution in [-0.4, -0.2) is 18.0 Å². The van der Waals surface area contributed by atoms with Crippen molar-refractivity contribution in [1.29, 1.82) is 0 Å². The summed E-state index contributed by atoms with van der Waals surface area (Å²) in [4.78, 5) is 2.45. The molecule has 1 nitrogen and oxygen atoms in total. The molecule has 0 radical (unpaired) electrons. The van der Waals surface area contributed by atoms with E-state index in [4.69, 9.17) is 0 Å². The van der Waals surface area contributed by atoms with Gasteiger partial charge in [0.15, 0.2) is 0 Å². The van der Waals surface area contributed by atoms with Crippen molar-refractivity contribution in [2.75, 3.05) is 13.1 Å². The molecule has 1 aliphatic carbocycles. The zero-order valence-corrected chi connectivity index (χ0v) is 9.13. The Morgan fingerprint density at radius 3 is 2.87 bits per heavy atom. The molecule has 78 valence electrons. The molecule has 1 fully saturated rings. The van der Waals surface area contributed by atoms with E-state index in [2.05, 4.69) is 29.7 Å². The predicted molar refractivity (Wildman–Crippen MR) is 63.7 cm³/mol. The van der Waals surface area contributed by atoms with Gasteiger partial charge in [0.1, 0.15) is 0 Å². The molecule has 15 heavy (non-hydrogen) atoms. The largest absolute Gasteiger partial charge is 0.297 e. The third-order valence-electron chi connectivity index (χ3n) is 3.43. The molecule has 0 bridgehead atoms. The van der Waals surface area contributed by atoms with Crippen LogP contribution in [0.2, 0.25) is 0 Å². The Hall–Kier alpha value is -1.08. The van der Waals surface area contributed by atoms with Crippen LogP contribution in [0.3, 0.4) is 0 Å². The van der Waals surface area contributed by atoms with E-state index in [1.165, 1.54) is 54.6 Å². The van der Waals surface area contributed by atoms with Gasteiger partial charge in [0.25, 0.3) is 0 Å². The highest BCUT2D eigenvalue weighted by Crippen LogP contribution is 2.30. The van der Waals surface area contributed by atoms with Crippen LogP contribution in [0, 0.1) is 0 Å². The monoisotopic (exact) mass is 199 g/mol. The molecule has 1 aliphatic heterocycles. The van der Waals surface area contributed by atoms with Gasteiger partial charge in [-0.25, -0.2) is 0 Å². The number of nitrogens with zero attached hydrogens (tertiary/aromatic N) is 1. The minimum Gasteiger partial charge on any atom is -0.297 e. The molecule has 0 aromatic heterocycles. The second-order valence-corrected chi connectivity index (χ2v) is 4.72. The lowest BCUT2D eigenvalue weighted by molar-refractivity contribution is 0.556. The lowest BCUT2D eigenvalue weighted by atomic mass is 9.87. The third-order valence-corrected chi connectivity index (χ3v) is 3.43. The smallest absolute Gasteiger partial charge is 0.0235 e. The van der Waals surface area contributed by atoms with Gasteiger partial charge in [-0.05, 0) is 47.6 Å². The van der Waals surface area contributed by atoms with Crippen molar-refractivity contribution >= 4 is 5.57 Å². The summed E-state index contributed by atoms with van der Waals surface area (Å²) in [6, 6.07) is 6.95. The Morgan fingerprint density at radius 2 is 2.07 bits per heavy atom. The van der Waals surface area contributed by atoms with Crippen molar-refractivity contribution < 1.29 is 0 Å². The van der Waals surface area contributed by atoms with Gasteiger partial charge < -0.3 is 0 Å². The van der Waals surface area contributed by atoms with Crippen molar-refractivity contribution in [3.05, 3.63) is 41.5 Å². The van der Waals surface area contributed by atoms with E-state index in [9.17, 15) is 0 Å². The van der Waals surface area contributed by atoms with Crippen LogP contribution in [0.5, 0.6) is 0 Å². The fourth-order valence-electron chi connectivity index (χ4n) is 2.38. The highest BCUT2D eigenvalue weighted by Gasteiger charge is 2.18. The van der Waals surface area contributed by atoms with Gasteiger partial charge in [-0.2, -0.15) is 0 Å². The van der Waals surface area contributed by atoms with Gasteiger partial charge in [0.05, 0.1) is 0 Å². The topological polar surface area (TPSA) is 3.01 Å². The number of hydrogen-bond acceptors (Lipinski definition) is 1. The molecule has 2 aliphatic rings. The van der Waals surface area contributed by atoms with E-state index < -0.39 is 0 Å². The van der Waals surface area contributed by atoms with Crippen molar-refractivity contribution in [1.82, 2.24) is 4.90 Å². The zero-order valence-electron chi connectivity index (χ0n) is 9.13. The van der Waals surface area contributed by atoms with Crippen molar-refractivity contribution in [3.8, 4) is 0 Å². The molecule has 1 aromatic carbocycles. The number of benzene rings is 1. The minimum absolute atomic E-state index is 1.13. The standard InChI is InChI=1S/C14H17N/c1-11-3-2-4-13-6-5-12(9-14(11)13)10-15-7-8-15/h5-6,9H,1-4,7-8,10H2. The molecule has 0 N–H and O–H groups in total. The molecule has 0 saturated carbocycles. The van der Waals surface area contributed by atoms with Gasteiger partial charge in [-0.15, -0.1) is 0 Å². The lowest BCUT2D eigenvalue weighted by Crippen LogP contribution is -2.04. The summed E-state index contributed by atoms with van der Waals surface area (Å²) in [6.07, 6.45) is 3.69. The maximum absolute atomic E-state index is 4.18. The second kappa shape index (κ2) is 3.49. The van der Waals surface area contributed by atoms with Crippen LogP contribution in [0.1, 0.15) is 29.5 Å². The molecule has 0 atom stereocenters. The van der Waals surface area contributed by atoms with E-state index in [0.717, 1.165) is 6.54 Å². The van der Waals surface area contributed by atoms with Gasteiger partial charge in [-0.3, -0.25) is 4.90 Å². The molecular formula is C14H17N. The zero-order chi connectivity index (χ0) is 10.3.